The maximum atomic E-state index is 11.1. The summed E-state index contributed by atoms with van der Waals surface area (Å²) in [4.78, 5) is 11.1. The van der Waals surface area contributed by atoms with E-state index in [0.717, 1.165) is 0 Å². The molecule has 0 spiro atoms. The molecule has 0 aliphatic heterocycles. The molecule has 4 heteroatoms. The number of esters is 1. The smallest absolute Gasteiger partial charge is 0.362 e. The van der Waals surface area contributed by atoms with Crippen LogP contribution in [0.25, 0.3) is 0 Å². The van der Waals surface area contributed by atoms with E-state index in [0.29, 0.717) is 12.4 Å². The van der Waals surface area contributed by atoms with Crippen LogP contribution < -0.4 is 10.5 Å². The Hall–Kier alpha value is -1.55. The van der Waals surface area contributed by atoms with E-state index in [1.165, 1.54) is 0 Å². The van der Waals surface area contributed by atoms with Crippen LogP contribution in [-0.2, 0) is 9.53 Å². The average molecular weight is 195 g/mol. The zero-order valence-corrected chi connectivity index (χ0v) is 7.97. The van der Waals surface area contributed by atoms with Gasteiger partial charge in [-0.25, -0.2) is 4.79 Å². The Labute approximate surface area is 82.6 Å². The summed E-state index contributed by atoms with van der Waals surface area (Å²) in [5.41, 5.74) is 5.44. The van der Waals surface area contributed by atoms with Crippen molar-refractivity contribution in [3.8, 4) is 5.75 Å². The van der Waals surface area contributed by atoms with Crippen molar-refractivity contribution < 1.29 is 14.3 Å². The van der Waals surface area contributed by atoms with Crippen molar-refractivity contribution in [1.82, 2.24) is 0 Å². The van der Waals surface area contributed by atoms with E-state index in [2.05, 4.69) is 4.74 Å². The quantitative estimate of drug-likeness (QED) is 0.573. The lowest BCUT2D eigenvalue weighted by atomic mass is 10.3. The molecule has 0 saturated heterocycles. The van der Waals surface area contributed by atoms with E-state index in [-0.39, 0.29) is 0 Å². The fourth-order valence-electron chi connectivity index (χ4n) is 0.918. The van der Waals surface area contributed by atoms with E-state index in [1.807, 2.05) is 6.07 Å². The Morgan fingerprint density at radius 2 is 2.07 bits per heavy atom. The molecule has 0 bridgehead atoms. The number of para-hydroxylation sites is 1. The Kier molecular flexibility index (Phi) is 3.94. The molecule has 0 radical (unpaired) electrons. The molecule has 0 fully saturated rings. The van der Waals surface area contributed by atoms with Crippen LogP contribution in [0.1, 0.15) is 6.92 Å². The lowest BCUT2D eigenvalue weighted by molar-refractivity contribution is -0.151. The molecule has 2 N–H and O–H groups in total. The molecule has 0 aliphatic rings. The third kappa shape index (κ3) is 3.06. The monoisotopic (exact) mass is 195 g/mol. The molecule has 0 amide bonds. The zero-order valence-electron chi connectivity index (χ0n) is 7.97. The first-order chi connectivity index (χ1) is 6.74. The molecule has 1 rings (SSSR count). The third-order valence-electron chi connectivity index (χ3n) is 1.53. The Morgan fingerprint density at radius 1 is 1.43 bits per heavy atom. The molecule has 1 aromatic carbocycles. The maximum absolute atomic E-state index is 11.1. The topological polar surface area (TPSA) is 61.5 Å². The highest BCUT2D eigenvalue weighted by Gasteiger charge is 2.15. The fourth-order valence-corrected chi connectivity index (χ4v) is 0.918. The molecule has 0 aliphatic carbocycles. The summed E-state index contributed by atoms with van der Waals surface area (Å²) in [7, 11) is 0. The number of carbonyl (C=O) groups excluding carboxylic acids is 1. The van der Waals surface area contributed by atoms with Crippen molar-refractivity contribution in [2.45, 2.75) is 13.2 Å². The van der Waals surface area contributed by atoms with E-state index >= 15 is 0 Å². The molecule has 0 aromatic heterocycles. The lowest BCUT2D eigenvalue weighted by Crippen LogP contribution is -2.37. The van der Waals surface area contributed by atoms with Crippen LogP contribution in [0, 0.1) is 0 Å². The van der Waals surface area contributed by atoms with Crippen molar-refractivity contribution in [2.75, 3.05) is 6.61 Å². The number of benzene rings is 1. The standard InChI is InChI=1S/C10H13NO3/c1-2-13-10(12)9(11)14-8-6-4-3-5-7-8/h3-7,9H,2,11H2,1H3. The van der Waals surface area contributed by atoms with Crippen molar-refractivity contribution in [1.29, 1.82) is 0 Å². The highest BCUT2D eigenvalue weighted by Crippen LogP contribution is 2.09. The van der Waals surface area contributed by atoms with E-state index < -0.39 is 12.2 Å². The van der Waals surface area contributed by atoms with Gasteiger partial charge in [0.15, 0.2) is 0 Å². The van der Waals surface area contributed by atoms with Gasteiger partial charge in [0, 0.05) is 0 Å². The Balaban J connectivity index is 2.49. The Morgan fingerprint density at radius 3 is 2.64 bits per heavy atom. The van der Waals surface area contributed by atoms with Gasteiger partial charge < -0.3 is 9.47 Å². The van der Waals surface area contributed by atoms with E-state index in [4.69, 9.17) is 10.5 Å². The second kappa shape index (κ2) is 5.24. The van der Waals surface area contributed by atoms with Crippen LogP contribution in [-0.4, -0.2) is 18.8 Å². The third-order valence-corrected chi connectivity index (χ3v) is 1.53. The summed E-state index contributed by atoms with van der Waals surface area (Å²) in [5.74, 6) is -0.00981. The zero-order chi connectivity index (χ0) is 10.4. The maximum Gasteiger partial charge on any atom is 0.362 e. The summed E-state index contributed by atoms with van der Waals surface area (Å²) in [6.45, 7) is 2.01. The SMILES string of the molecule is CCOC(=O)C(N)Oc1ccccc1. The summed E-state index contributed by atoms with van der Waals surface area (Å²) in [6.07, 6.45) is -1.06. The number of hydrogen-bond acceptors (Lipinski definition) is 4. The molecule has 1 unspecified atom stereocenters. The molecular weight excluding hydrogens is 182 g/mol. The van der Waals surface area contributed by atoms with Gasteiger partial charge >= 0.3 is 5.97 Å². The van der Waals surface area contributed by atoms with Crippen molar-refractivity contribution in [3.05, 3.63) is 30.3 Å². The molecule has 0 heterocycles. The molecule has 76 valence electrons. The van der Waals surface area contributed by atoms with Crippen molar-refractivity contribution >= 4 is 5.97 Å². The fraction of sp³-hybridized carbons (Fsp3) is 0.300. The molecule has 1 aromatic rings. The van der Waals surface area contributed by atoms with Gasteiger partial charge in [0.1, 0.15) is 5.75 Å². The van der Waals surface area contributed by atoms with Gasteiger partial charge in [-0.3, -0.25) is 5.73 Å². The predicted octanol–water partition coefficient (Wildman–Crippen LogP) is 0.913. The molecule has 1 atom stereocenters. The summed E-state index contributed by atoms with van der Waals surface area (Å²) in [5, 5.41) is 0. The van der Waals surface area contributed by atoms with Gasteiger partial charge in [0.25, 0.3) is 0 Å². The van der Waals surface area contributed by atoms with Crippen LogP contribution in [0.4, 0.5) is 0 Å². The van der Waals surface area contributed by atoms with E-state index in [9.17, 15) is 4.79 Å². The Bertz CT molecular complexity index is 287. The molecular formula is C10H13NO3. The highest BCUT2D eigenvalue weighted by atomic mass is 16.6. The van der Waals surface area contributed by atoms with Crippen LogP contribution in [0.3, 0.4) is 0 Å². The largest absolute Gasteiger partial charge is 0.464 e. The molecule has 0 saturated carbocycles. The number of rotatable bonds is 4. The van der Waals surface area contributed by atoms with Gasteiger partial charge in [-0.15, -0.1) is 0 Å². The number of ether oxygens (including phenoxy) is 2. The van der Waals surface area contributed by atoms with Gasteiger partial charge in [0.05, 0.1) is 6.61 Å². The van der Waals surface area contributed by atoms with E-state index in [1.54, 1.807) is 31.2 Å². The van der Waals surface area contributed by atoms with Crippen LogP contribution in [0.2, 0.25) is 0 Å². The minimum Gasteiger partial charge on any atom is -0.464 e. The summed E-state index contributed by atoms with van der Waals surface area (Å²) < 4.78 is 9.82. The molecule has 4 nitrogen and oxygen atoms in total. The minimum absolute atomic E-state index is 0.296. The predicted molar refractivity (Wildman–Crippen MR) is 51.7 cm³/mol. The first-order valence-corrected chi connectivity index (χ1v) is 4.38. The summed E-state index contributed by atoms with van der Waals surface area (Å²) in [6, 6.07) is 8.89. The minimum atomic E-state index is -1.06. The average Bonchev–Trinajstić information content (AvgIpc) is 2.19. The number of hydrogen-bond donors (Lipinski definition) is 1. The van der Waals surface area contributed by atoms with Crippen LogP contribution >= 0.6 is 0 Å². The second-order valence-electron chi connectivity index (χ2n) is 2.60. The first kappa shape index (κ1) is 10.5. The van der Waals surface area contributed by atoms with Crippen molar-refractivity contribution in [3.63, 3.8) is 0 Å². The number of carbonyl (C=O) groups is 1. The van der Waals surface area contributed by atoms with Gasteiger partial charge in [0.2, 0.25) is 6.23 Å². The van der Waals surface area contributed by atoms with Crippen molar-refractivity contribution in [2.24, 2.45) is 5.73 Å². The van der Waals surface area contributed by atoms with Crippen LogP contribution in [0.5, 0.6) is 5.75 Å². The number of nitrogens with two attached hydrogens (primary N) is 1. The summed E-state index contributed by atoms with van der Waals surface area (Å²) >= 11 is 0. The normalized spacial score (nSPS) is 11.9. The second-order valence-corrected chi connectivity index (χ2v) is 2.60. The van der Waals surface area contributed by atoms with Gasteiger partial charge in [-0.1, -0.05) is 18.2 Å². The van der Waals surface area contributed by atoms with Crippen LogP contribution in [0.15, 0.2) is 30.3 Å². The lowest BCUT2D eigenvalue weighted by Gasteiger charge is -2.12. The molecule has 14 heavy (non-hydrogen) atoms. The highest BCUT2D eigenvalue weighted by molar-refractivity contribution is 5.74. The van der Waals surface area contributed by atoms with Gasteiger partial charge in [-0.05, 0) is 19.1 Å². The van der Waals surface area contributed by atoms with Gasteiger partial charge in [-0.2, -0.15) is 0 Å². The first-order valence-electron chi connectivity index (χ1n) is 4.38.